The monoisotopic (exact) mass is 455 g/mol. The second kappa shape index (κ2) is 8.01. The van der Waals surface area contributed by atoms with Gasteiger partial charge in [-0.25, -0.2) is 9.37 Å². The molecule has 1 aromatic carbocycles. The number of hydrogen-bond donors (Lipinski definition) is 1. The van der Waals surface area contributed by atoms with Gasteiger partial charge in [0, 0.05) is 62.3 Å². The van der Waals surface area contributed by atoms with E-state index in [-0.39, 0.29) is 22.9 Å². The van der Waals surface area contributed by atoms with Gasteiger partial charge in [0.1, 0.15) is 11.4 Å². The molecule has 1 saturated carbocycles. The van der Waals surface area contributed by atoms with E-state index in [1.165, 1.54) is 24.3 Å². The number of amides is 2. The van der Waals surface area contributed by atoms with Crippen LogP contribution in [-0.4, -0.2) is 52.4 Å². The third-order valence-corrected chi connectivity index (χ3v) is 6.69. The van der Waals surface area contributed by atoms with Crippen molar-refractivity contribution in [3.05, 3.63) is 51.5 Å². The Morgan fingerprint density at radius 1 is 1.19 bits per heavy atom. The first kappa shape index (κ1) is 20.6. The van der Waals surface area contributed by atoms with Crippen molar-refractivity contribution < 1.29 is 14.0 Å². The lowest BCUT2D eigenvalue weighted by molar-refractivity contribution is -0.129. The molecule has 0 bridgehead atoms. The van der Waals surface area contributed by atoms with Crippen molar-refractivity contribution >= 4 is 44.9 Å². The fourth-order valence-corrected chi connectivity index (χ4v) is 4.65. The predicted molar refractivity (Wildman–Crippen MR) is 121 cm³/mol. The summed E-state index contributed by atoms with van der Waals surface area (Å²) >= 11 is 1.26. The molecule has 2 aromatic heterocycles. The molecular weight excluding hydrogens is 433 g/mol. The van der Waals surface area contributed by atoms with Crippen LogP contribution in [0, 0.1) is 5.82 Å². The molecule has 0 radical (unpaired) electrons. The van der Waals surface area contributed by atoms with Crippen molar-refractivity contribution in [1.29, 1.82) is 0 Å². The molecule has 1 N–H and O–H groups in total. The second-order valence-corrected chi connectivity index (χ2v) is 9.01. The predicted octanol–water partition coefficient (Wildman–Crippen LogP) is 2.85. The summed E-state index contributed by atoms with van der Waals surface area (Å²) in [5, 5.41) is 4.96. The molecule has 166 valence electrons. The molecule has 2 amide bonds. The van der Waals surface area contributed by atoms with Crippen LogP contribution in [0.25, 0.3) is 10.9 Å². The average Bonchev–Trinajstić information content (AvgIpc) is 3.50. The number of pyridine rings is 1. The Morgan fingerprint density at radius 2 is 1.94 bits per heavy atom. The topological polar surface area (TPSA) is 87.5 Å². The maximum Gasteiger partial charge on any atom is 0.262 e. The fraction of sp³-hybridized carbons (Fsp3) is 0.364. The number of hydrogen-bond acceptors (Lipinski definition) is 6. The number of rotatable bonds is 4. The number of piperazine rings is 1. The van der Waals surface area contributed by atoms with Crippen molar-refractivity contribution in [2.45, 2.75) is 25.8 Å². The first-order valence-corrected chi connectivity index (χ1v) is 11.4. The summed E-state index contributed by atoms with van der Waals surface area (Å²) in [6, 6.07) is 3.12. The third kappa shape index (κ3) is 3.75. The molecule has 1 aliphatic carbocycles. The molecule has 0 atom stereocenters. The van der Waals surface area contributed by atoms with E-state index in [9.17, 15) is 14.4 Å². The van der Waals surface area contributed by atoms with Crippen LogP contribution in [-0.2, 0) is 4.79 Å². The molecule has 2 aliphatic rings. The molecular formula is C22H22FN5O3S. The number of halogens is 1. The quantitative estimate of drug-likeness (QED) is 0.654. The van der Waals surface area contributed by atoms with Crippen molar-refractivity contribution in [2.24, 2.45) is 0 Å². The summed E-state index contributed by atoms with van der Waals surface area (Å²) in [7, 11) is 0. The Kier molecular flexibility index (Phi) is 5.16. The van der Waals surface area contributed by atoms with Crippen molar-refractivity contribution in [3.63, 3.8) is 0 Å². The molecule has 10 heteroatoms. The van der Waals surface area contributed by atoms with Gasteiger partial charge < -0.3 is 14.4 Å². The van der Waals surface area contributed by atoms with E-state index in [1.807, 2.05) is 9.47 Å². The molecule has 0 unspecified atom stereocenters. The van der Waals surface area contributed by atoms with Crippen LogP contribution in [0.15, 0.2) is 34.7 Å². The summed E-state index contributed by atoms with van der Waals surface area (Å²) in [4.78, 5) is 45.2. The highest BCUT2D eigenvalue weighted by atomic mass is 32.1. The number of thiazole rings is 1. The van der Waals surface area contributed by atoms with Gasteiger partial charge in [0.25, 0.3) is 5.91 Å². The summed E-state index contributed by atoms with van der Waals surface area (Å²) in [5.41, 5.74) is 0.503. The lowest BCUT2D eigenvalue weighted by Crippen LogP contribution is -2.48. The van der Waals surface area contributed by atoms with Crippen LogP contribution < -0.4 is 15.6 Å². The van der Waals surface area contributed by atoms with E-state index in [0.717, 1.165) is 12.8 Å². The summed E-state index contributed by atoms with van der Waals surface area (Å²) in [6.45, 7) is 3.62. The molecule has 8 nitrogen and oxygen atoms in total. The van der Waals surface area contributed by atoms with Gasteiger partial charge in [0.15, 0.2) is 5.13 Å². The maximum atomic E-state index is 15.1. The molecule has 3 heterocycles. The SMILES string of the molecule is CC(=O)N1CCN(c2cc3c(cc2F)c(=O)c(C(=O)Nc2nccs2)cn3C2CC2)CC1. The largest absolute Gasteiger partial charge is 0.366 e. The number of fused-ring (bicyclic) bond motifs is 1. The van der Waals surface area contributed by atoms with Crippen molar-refractivity contribution in [3.8, 4) is 0 Å². The third-order valence-electron chi connectivity index (χ3n) is 6.00. The zero-order chi connectivity index (χ0) is 22.4. The zero-order valence-corrected chi connectivity index (χ0v) is 18.3. The smallest absolute Gasteiger partial charge is 0.262 e. The Balaban J connectivity index is 1.55. The van der Waals surface area contributed by atoms with E-state index in [4.69, 9.17) is 0 Å². The minimum Gasteiger partial charge on any atom is -0.366 e. The first-order valence-electron chi connectivity index (χ1n) is 10.5. The Morgan fingerprint density at radius 3 is 2.56 bits per heavy atom. The van der Waals surface area contributed by atoms with Gasteiger partial charge in [-0.05, 0) is 25.0 Å². The molecule has 3 aromatic rings. The van der Waals surface area contributed by atoms with E-state index < -0.39 is 17.2 Å². The van der Waals surface area contributed by atoms with Crippen LogP contribution >= 0.6 is 11.3 Å². The Labute approximate surface area is 187 Å². The molecule has 1 aliphatic heterocycles. The van der Waals surface area contributed by atoms with E-state index >= 15 is 4.39 Å². The average molecular weight is 456 g/mol. The van der Waals surface area contributed by atoms with Crippen LogP contribution in [0.4, 0.5) is 15.2 Å². The minimum atomic E-state index is -0.550. The van der Waals surface area contributed by atoms with Crippen LogP contribution in [0.2, 0.25) is 0 Å². The highest BCUT2D eigenvalue weighted by Gasteiger charge is 2.29. The van der Waals surface area contributed by atoms with Gasteiger partial charge in [-0.3, -0.25) is 19.7 Å². The number of nitrogens with one attached hydrogen (secondary N) is 1. The molecule has 5 rings (SSSR count). The fourth-order valence-electron chi connectivity index (χ4n) is 4.13. The van der Waals surface area contributed by atoms with Crippen LogP contribution in [0.5, 0.6) is 0 Å². The van der Waals surface area contributed by atoms with Crippen molar-refractivity contribution in [2.75, 3.05) is 36.4 Å². The maximum absolute atomic E-state index is 15.1. The van der Waals surface area contributed by atoms with Gasteiger partial charge in [-0.2, -0.15) is 0 Å². The number of nitrogens with zero attached hydrogens (tertiary/aromatic N) is 4. The van der Waals surface area contributed by atoms with Crippen molar-refractivity contribution in [1.82, 2.24) is 14.5 Å². The van der Waals surface area contributed by atoms with Gasteiger partial charge >= 0.3 is 0 Å². The number of anilines is 2. The summed E-state index contributed by atoms with van der Waals surface area (Å²) in [5.74, 6) is -1.05. The minimum absolute atomic E-state index is 0.00904. The molecule has 0 spiro atoms. The van der Waals surface area contributed by atoms with Gasteiger partial charge in [-0.1, -0.05) is 0 Å². The number of benzene rings is 1. The normalized spacial score (nSPS) is 16.4. The van der Waals surface area contributed by atoms with Crippen LogP contribution in [0.3, 0.4) is 0 Å². The highest BCUT2D eigenvalue weighted by molar-refractivity contribution is 7.13. The van der Waals surface area contributed by atoms with Gasteiger partial charge in [0.05, 0.1) is 11.2 Å². The van der Waals surface area contributed by atoms with E-state index in [2.05, 4.69) is 10.3 Å². The highest BCUT2D eigenvalue weighted by Crippen LogP contribution is 2.38. The molecule has 32 heavy (non-hydrogen) atoms. The molecule has 1 saturated heterocycles. The van der Waals surface area contributed by atoms with E-state index in [0.29, 0.717) is 42.5 Å². The summed E-state index contributed by atoms with van der Waals surface area (Å²) < 4.78 is 17.1. The van der Waals surface area contributed by atoms with Gasteiger partial charge in [0.2, 0.25) is 11.3 Å². The van der Waals surface area contributed by atoms with Gasteiger partial charge in [-0.15, -0.1) is 11.3 Å². The lowest BCUT2D eigenvalue weighted by atomic mass is 10.1. The standard InChI is InChI=1S/C22H22FN5O3S/c1-13(29)26-5-7-27(8-6-26)19-11-18-15(10-17(19)23)20(30)16(12-28(18)14-2-3-14)21(31)25-22-24-4-9-32-22/h4,9-12,14H,2-3,5-8H2,1H3,(H,24,25,31). The van der Waals surface area contributed by atoms with Crippen LogP contribution in [0.1, 0.15) is 36.2 Å². The molecule has 2 fully saturated rings. The first-order chi connectivity index (χ1) is 15.4. The number of carbonyl (C=O) groups excluding carboxylic acids is 2. The lowest BCUT2D eigenvalue weighted by Gasteiger charge is -2.36. The van der Waals surface area contributed by atoms with E-state index in [1.54, 1.807) is 28.7 Å². The number of carbonyl (C=O) groups is 2. The zero-order valence-electron chi connectivity index (χ0n) is 17.5. The second-order valence-electron chi connectivity index (χ2n) is 8.12. The summed E-state index contributed by atoms with van der Waals surface area (Å²) in [6.07, 6.45) is 5.03. The number of aromatic nitrogens is 2. The Hall–Kier alpha value is -3.27. The Bertz CT molecular complexity index is 1260.